The monoisotopic (exact) mass is 329 g/mol. The van der Waals surface area contributed by atoms with E-state index in [1.807, 2.05) is 13.0 Å². The smallest absolute Gasteiger partial charge is 0.329 e. The normalized spacial score (nSPS) is 13.8. The number of carbonyl (C=O) groups excluding carboxylic acids is 1. The van der Waals surface area contributed by atoms with E-state index in [0.29, 0.717) is 11.0 Å². The van der Waals surface area contributed by atoms with Crippen molar-refractivity contribution in [3.8, 4) is 0 Å². The Hall–Kier alpha value is -2.89. The summed E-state index contributed by atoms with van der Waals surface area (Å²) in [7, 11) is 0. The zero-order valence-electron chi connectivity index (χ0n) is 13.8. The van der Waals surface area contributed by atoms with E-state index in [0.717, 1.165) is 11.6 Å². The van der Waals surface area contributed by atoms with Crippen LogP contribution in [-0.4, -0.2) is 22.5 Å². The molecule has 1 heterocycles. The minimum absolute atomic E-state index is 0.219. The number of hydrogen-bond donors (Lipinski definition) is 2. The molecule has 2 aromatic rings. The van der Waals surface area contributed by atoms with E-state index >= 15 is 0 Å². The summed E-state index contributed by atoms with van der Waals surface area (Å²) >= 11 is 0. The van der Waals surface area contributed by atoms with Crippen molar-refractivity contribution in [1.82, 2.24) is 5.32 Å². The maximum Gasteiger partial charge on any atom is 0.329 e. The van der Waals surface area contributed by atoms with Gasteiger partial charge in [0.15, 0.2) is 5.43 Å². The summed E-state index contributed by atoms with van der Waals surface area (Å²) in [4.78, 5) is 35.5. The molecule has 0 saturated heterocycles. The third kappa shape index (κ3) is 3.53. The highest BCUT2D eigenvalue weighted by Crippen LogP contribution is 2.14. The van der Waals surface area contributed by atoms with Gasteiger partial charge in [0, 0.05) is 6.08 Å². The Kier molecular flexibility index (Phi) is 4.87. The third-order valence-electron chi connectivity index (χ3n) is 3.95. The molecule has 24 heavy (non-hydrogen) atoms. The maximum absolute atomic E-state index is 12.4. The number of benzene rings is 1. The second-order valence-electron chi connectivity index (χ2n) is 5.83. The average Bonchev–Trinajstić information content (AvgIpc) is 2.54. The maximum atomic E-state index is 12.4. The zero-order valence-corrected chi connectivity index (χ0v) is 13.8. The number of aryl methyl sites for hydroxylation is 1. The number of aliphatic carboxylic acids is 1. The SMILES string of the molecule is CCC(C)(NC(=O)/C=C/c1coc2ccc(C)cc2c1=O)C(=O)O. The van der Waals surface area contributed by atoms with Crippen LogP contribution in [0.5, 0.6) is 0 Å². The van der Waals surface area contributed by atoms with Crippen LogP contribution in [0.3, 0.4) is 0 Å². The molecule has 1 unspecified atom stereocenters. The number of nitrogens with one attached hydrogen (secondary N) is 1. The molecule has 0 aliphatic heterocycles. The molecule has 0 aliphatic carbocycles. The van der Waals surface area contributed by atoms with Crippen molar-refractivity contribution in [2.24, 2.45) is 0 Å². The Bertz CT molecular complexity index is 881. The van der Waals surface area contributed by atoms with Crippen molar-refractivity contribution in [2.45, 2.75) is 32.7 Å². The first-order valence-corrected chi connectivity index (χ1v) is 7.52. The number of fused-ring (bicyclic) bond motifs is 1. The molecule has 0 fully saturated rings. The van der Waals surface area contributed by atoms with Crippen LogP contribution in [0.4, 0.5) is 0 Å². The van der Waals surface area contributed by atoms with Crippen molar-refractivity contribution in [3.05, 3.63) is 51.9 Å². The first-order chi connectivity index (χ1) is 11.3. The van der Waals surface area contributed by atoms with E-state index in [4.69, 9.17) is 9.52 Å². The van der Waals surface area contributed by atoms with Crippen LogP contribution in [0.2, 0.25) is 0 Å². The van der Waals surface area contributed by atoms with Gasteiger partial charge in [0.2, 0.25) is 5.91 Å². The van der Waals surface area contributed by atoms with Crippen molar-refractivity contribution in [3.63, 3.8) is 0 Å². The van der Waals surface area contributed by atoms with Crippen LogP contribution >= 0.6 is 0 Å². The number of carboxylic acids is 1. The van der Waals surface area contributed by atoms with Crippen molar-refractivity contribution in [2.75, 3.05) is 0 Å². The highest BCUT2D eigenvalue weighted by Gasteiger charge is 2.31. The summed E-state index contributed by atoms with van der Waals surface area (Å²) < 4.78 is 5.39. The number of carboxylic acid groups (broad SMARTS) is 1. The Morgan fingerprint density at radius 3 is 2.71 bits per heavy atom. The van der Waals surface area contributed by atoms with E-state index in [1.165, 1.54) is 19.3 Å². The van der Waals surface area contributed by atoms with Crippen LogP contribution in [0.1, 0.15) is 31.4 Å². The summed E-state index contributed by atoms with van der Waals surface area (Å²) in [6.07, 6.45) is 3.96. The minimum Gasteiger partial charge on any atom is -0.480 e. The van der Waals surface area contributed by atoms with E-state index < -0.39 is 17.4 Å². The molecule has 1 atom stereocenters. The van der Waals surface area contributed by atoms with Gasteiger partial charge in [-0.25, -0.2) is 4.79 Å². The van der Waals surface area contributed by atoms with Crippen LogP contribution in [0.15, 0.2) is 39.7 Å². The van der Waals surface area contributed by atoms with Gasteiger partial charge in [0.25, 0.3) is 0 Å². The number of hydrogen-bond acceptors (Lipinski definition) is 4. The summed E-state index contributed by atoms with van der Waals surface area (Å²) in [6, 6.07) is 5.27. The van der Waals surface area contributed by atoms with Crippen LogP contribution < -0.4 is 10.7 Å². The second kappa shape index (κ2) is 6.70. The van der Waals surface area contributed by atoms with Gasteiger partial charge in [-0.05, 0) is 38.5 Å². The lowest BCUT2D eigenvalue weighted by Gasteiger charge is -2.23. The van der Waals surface area contributed by atoms with Crippen molar-refractivity contribution in [1.29, 1.82) is 0 Å². The summed E-state index contributed by atoms with van der Waals surface area (Å²) in [5.41, 5.74) is 0.00908. The van der Waals surface area contributed by atoms with Gasteiger partial charge >= 0.3 is 5.97 Å². The Balaban J connectivity index is 2.28. The Morgan fingerprint density at radius 1 is 1.38 bits per heavy atom. The molecule has 6 nitrogen and oxygen atoms in total. The molecule has 0 aliphatic rings. The van der Waals surface area contributed by atoms with Gasteiger partial charge in [0.05, 0.1) is 10.9 Å². The van der Waals surface area contributed by atoms with Gasteiger partial charge in [0.1, 0.15) is 17.4 Å². The van der Waals surface area contributed by atoms with Gasteiger partial charge in [-0.1, -0.05) is 18.6 Å². The summed E-state index contributed by atoms with van der Waals surface area (Å²) in [5.74, 6) is -1.71. The molecule has 1 aromatic heterocycles. The zero-order chi connectivity index (χ0) is 17.9. The minimum atomic E-state index is -1.35. The molecule has 6 heteroatoms. The van der Waals surface area contributed by atoms with E-state index in [1.54, 1.807) is 19.1 Å². The highest BCUT2D eigenvalue weighted by molar-refractivity contribution is 5.96. The standard InChI is InChI=1S/C18H19NO5/c1-4-18(3,17(22)23)19-15(20)8-6-12-10-24-14-7-5-11(2)9-13(14)16(12)21/h5-10H,4H2,1-3H3,(H,19,20)(H,22,23)/b8-6+. The fourth-order valence-electron chi connectivity index (χ4n) is 2.15. The molecule has 0 spiro atoms. The lowest BCUT2D eigenvalue weighted by atomic mass is 9.99. The quantitative estimate of drug-likeness (QED) is 0.822. The first-order valence-electron chi connectivity index (χ1n) is 7.52. The Labute approximate surface area is 138 Å². The Morgan fingerprint density at radius 2 is 2.08 bits per heavy atom. The number of amides is 1. The molecule has 1 aromatic carbocycles. The second-order valence-corrected chi connectivity index (χ2v) is 5.83. The van der Waals surface area contributed by atoms with Gasteiger partial charge in [-0.3, -0.25) is 9.59 Å². The van der Waals surface area contributed by atoms with Crippen LogP contribution in [-0.2, 0) is 9.59 Å². The van der Waals surface area contributed by atoms with Crippen molar-refractivity contribution < 1.29 is 19.1 Å². The summed E-state index contributed by atoms with van der Waals surface area (Å²) in [5, 5.41) is 12.0. The van der Waals surface area contributed by atoms with Gasteiger partial charge in [-0.15, -0.1) is 0 Å². The molecule has 2 rings (SSSR count). The largest absolute Gasteiger partial charge is 0.480 e. The molecule has 0 radical (unpaired) electrons. The molecule has 1 amide bonds. The average molecular weight is 329 g/mol. The number of carbonyl (C=O) groups is 2. The van der Waals surface area contributed by atoms with Crippen LogP contribution in [0.25, 0.3) is 17.0 Å². The fraction of sp³-hybridized carbons (Fsp3) is 0.278. The number of rotatable bonds is 5. The third-order valence-corrected chi connectivity index (χ3v) is 3.95. The predicted octanol–water partition coefficient (Wildman–Crippen LogP) is 2.48. The van der Waals surface area contributed by atoms with Crippen LogP contribution in [0, 0.1) is 6.92 Å². The van der Waals surface area contributed by atoms with Gasteiger partial charge < -0.3 is 14.8 Å². The molecule has 0 bridgehead atoms. The first kappa shape index (κ1) is 17.5. The van der Waals surface area contributed by atoms with E-state index in [9.17, 15) is 14.4 Å². The van der Waals surface area contributed by atoms with E-state index in [2.05, 4.69) is 5.32 Å². The molecule has 2 N–H and O–H groups in total. The predicted molar refractivity (Wildman–Crippen MR) is 90.7 cm³/mol. The van der Waals surface area contributed by atoms with Gasteiger partial charge in [-0.2, -0.15) is 0 Å². The molecular formula is C18H19NO5. The van der Waals surface area contributed by atoms with Crippen molar-refractivity contribution >= 4 is 28.9 Å². The molecule has 126 valence electrons. The lowest BCUT2D eigenvalue weighted by Crippen LogP contribution is -2.51. The lowest BCUT2D eigenvalue weighted by molar-refractivity contribution is -0.146. The van der Waals surface area contributed by atoms with E-state index in [-0.39, 0.29) is 17.4 Å². The fourth-order valence-corrected chi connectivity index (χ4v) is 2.15. The molecular weight excluding hydrogens is 310 g/mol. The summed E-state index contributed by atoms with van der Waals surface area (Å²) in [6.45, 7) is 4.96. The topological polar surface area (TPSA) is 96.6 Å². The highest BCUT2D eigenvalue weighted by atomic mass is 16.4. The molecule has 0 saturated carbocycles.